The topological polar surface area (TPSA) is 38.2 Å². The summed E-state index contributed by atoms with van der Waals surface area (Å²) in [6.45, 7) is 2.14. The van der Waals surface area contributed by atoms with Gasteiger partial charge in [-0.05, 0) is 32.9 Å². The van der Waals surface area contributed by atoms with Gasteiger partial charge in [-0.1, -0.05) is 0 Å². The van der Waals surface area contributed by atoms with Gasteiger partial charge in [0.1, 0.15) is 0 Å². The Balaban J connectivity index is 2.02. The maximum atomic E-state index is 4.28. The zero-order valence-corrected chi connectivity index (χ0v) is 6.56. The number of hydrogen-bond donors (Lipinski definition) is 2. The summed E-state index contributed by atoms with van der Waals surface area (Å²) in [5, 5.41) is 3.13. The molecule has 0 aliphatic carbocycles. The Morgan fingerprint density at radius 1 is 1.70 bits per heavy atom. The molecular weight excluding hydrogens is 126 g/mol. The second-order valence-electron chi connectivity index (χ2n) is 2.73. The van der Waals surface area contributed by atoms with E-state index < -0.39 is 0 Å². The fourth-order valence-electron chi connectivity index (χ4n) is 1.19. The second kappa shape index (κ2) is 4.66. The number of rotatable bonds is 3. The Hall–Kier alpha value is -0.120. The van der Waals surface area contributed by atoms with Crippen LogP contribution in [0.3, 0.4) is 0 Å². The average Bonchev–Trinajstić information content (AvgIpc) is 2.03. The van der Waals surface area contributed by atoms with Gasteiger partial charge < -0.3 is 5.32 Å². The minimum absolute atomic E-state index is 0.557. The molecule has 1 radical (unpaired) electrons. The lowest BCUT2D eigenvalue weighted by Gasteiger charge is -2.21. The van der Waals surface area contributed by atoms with Crippen LogP contribution >= 0.6 is 0 Å². The van der Waals surface area contributed by atoms with Crippen molar-refractivity contribution in [3.05, 3.63) is 0 Å². The lowest BCUT2D eigenvalue weighted by molar-refractivity contribution is 0.318. The van der Waals surface area contributed by atoms with Crippen LogP contribution in [0.1, 0.15) is 19.3 Å². The fraction of sp³-hybridized carbons (Fsp3) is 1.00. The van der Waals surface area contributed by atoms with Crippen LogP contribution in [0.15, 0.2) is 0 Å². The van der Waals surface area contributed by atoms with Crippen molar-refractivity contribution in [2.75, 3.05) is 20.1 Å². The lowest BCUT2D eigenvalue weighted by Crippen LogP contribution is -2.40. The monoisotopic (exact) mass is 142 g/mol. The van der Waals surface area contributed by atoms with Crippen LogP contribution in [0.25, 0.3) is 0 Å². The molecule has 1 rings (SSSR count). The highest BCUT2D eigenvalue weighted by Gasteiger charge is 2.11. The first kappa shape index (κ1) is 7.98. The van der Waals surface area contributed by atoms with Crippen LogP contribution in [-0.4, -0.2) is 26.2 Å². The Bertz CT molecular complexity index is 78.9. The van der Waals surface area contributed by atoms with Gasteiger partial charge in [0.2, 0.25) is 0 Å². The van der Waals surface area contributed by atoms with Gasteiger partial charge in [0, 0.05) is 12.6 Å². The molecule has 0 saturated carbocycles. The molecule has 0 aromatic rings. The van der Waals surface area contributed by atoms with E-state index in [1.807, 2.05) is 7.05 Å². The summed E-state index contributed by atoms with van der Waals surface area (Å²) in [6, 6.07) is 0.557. The van der Waals surface area contributed by atoms with Crippen molar-refractivity contribution in [3.8, 4) is 0 Å². The van der Waals surface area contributed by atoms with Crippen molar-refractivity contribution < 1.29 is 0 Å². The average molecular weight is 142 g/mol. The first-order valence-electron chi connectivity index (χ1n) is 4.01. The largest absolute Gasteiger partial charge is 0.320 e. The zero-order valence-electron chi connectivity index (χ0n) is 6.56. The SMILES string of the molecule is CNCCC1CCCN[N]1. The van der Waals surface area contributed by atoms with Crippen molar-refractivity contribution in [1.29, 1.82) is 0 Å². The maximum absolute atomic E-state index is 4.28. The van der Waals surface area contributed by atoms with Crippen molar-refractivity contribution in [1.82, 2.24) is 16.2 Å². The van der Waals surface area contributed by atoms with Crippen molar-refractivity contribution in [2.45, 2.75) is 25.3 Å². The minimum atomic E-state index is 0.557. The third-order valence-corrected chi connectivity index (χ3v) is 1.83. The summed E-state index contributed by atoms with van der Waals surface area (Å²) < 4.78 is 0. The molecule has 0 aromatic heterocycles. The molecule has 1 fully saturated rings. The van der Waals surface area contributed by atoms with Gasteiger partial charge >= 0.3 is 0 Å². The van der Waals surface area contributed by atoms with Gasteiger partial charge in [0.25, 0.3) is 0 Å². The normalized spacial score (nSPS) is 26.7. The molecule has 3 nitrogen and oxygen atoms in total. The number of nitrogens with one attached hydrogen (secondary N) is 2. The van der Waals surface area contributed by atoms with Crippen molar-refractivity contribution in [3.63, 3.8) is 0 Å². The van der Waals surface area contributed by atoms with E-state index >= 15 is 0 Å². The summed E-state index contributed by atoms with van der Waals surface area (Å²) in [6.07, 6.45) is 3.70. The summed E-state index contributed by atoms with van der Waals surface area (Å²) in [4.78, 5) is 0. The second-order valence-corrected chi connectivity index (χ2v) is 2.73. The first-order valence-corrected chi connectivity index (χ1v) is 4.01. The van der Waals surface area contributed by atoms with Crippen LogP contribution < -0.4 is 16.2 Å². The molecule has 1 heterocycles. The van der Waals surface area contributed by atoms with Crippen LogP contribution in [0.2, 0.25) is 0 Å². The predicted molar refractivity (Wildman–Crippen MR) is 41.7 cm³/mol. The molecule has 1 aliphatic rings. The molecule has 1 unspecified atom stereocenters. The van der Waals surface area contributed by atoms with E-state index in [1.165, 1.54) is 19.3 Å². The number of nitrogens with zero attached hydrogens (tertiary/aromatic N) is 1. The third-order valence-electron chi connectivity index (χ3n) is 1.83. The van der Waals surface area contributed by atoms with Crippen molar-refractivity contribution >= 4 is 0 Å². The van der Waals surface area contributed by atoms with Gasteiger partial charge in [0.05, 0.1) is 0 Å². The smallest absolute Gasteiger partial charge is 0.0428 e. The van der Waals surface area contributed by atoms with E-state index in [2.05, 4.69) is 16.2 Å². The highest BCUT2D eigenvalue weighted by Crippen LogP contribution is 2.04. The standard InChI is InChI=1S/C7H16N3/c1-8-6-4-7-3-2-5-9-10-7/h7-9H,2-6H2,1H3. The van der Waals surface area contributed by atoms with Gasteiger partial charge in [-0.2, -0.15) is 5.43 Å². The summed E-state index contributed by atoms with van der Waals surface area (Å²) in [5.74, 6) is 0. The van der Waals surface area contributed by atoms with Crippen LogP contribution in [0, 0.1) is 0 Å². The van der Waals surface area contributed by atoms with Crippen LogP contribution in [-0.2, 0) is 0 Å². The van der Waals surface area contributed by atoms with E-state index in [9.17, 15) is 0 Å². The molecule has 1 saturated heterocycles. The van der Waals surface area contributed by atoms with Gasteiger partial charge in [-0.3, -0.25) is 0 Å². The molecule has 0 spiro atoms. The predicted octanol–water partition coefficient (Wildman–Crippen LogP) is -0.133. The Morgan fingerprint density at radius 3 is 3.20 bits per heavy atom. The first-order chi connectivity index (χ1) is 4.93. The van der Waals surface area contributed by atoms with Gasteiger partial charge in [0.15, 0.2) is 0 Å². The summed E-state index contributed by atoms with van der Waals surface area (Å²) in [7, 11) is 1.98. The van der Waals surface area contributed by atoms with Crippen LogP contribution in [0.4, 0.5) is 0 Å². The molecule has 3 heteroatoms. The molecule has 0 amide bonds. The van der Waals surface area contributed by atoms with Crippen LogP contribution in [0.5, 0.6) is 0 Å². The minimum Gasteiger partial charge on any atom is -0.320 e. The Labute approximate surface area is 62.5 Å². The highest BCUT2D eigenvalue weighted by atomic mass is 15.4. The van der Waals surface area contributed by atoms with E-state index in [1.54, 1.807) is 0 Å². The molecule has 2 N–H and O–H groups in total. The molecule has 1 aliphatic heterocycles. The third kappa shape index (κ3) is 2.64. The van der Waals surface area contributed by atoms with E-state index in [4.69, 9.17) is 0 Å². The molecular formula is C7H16N3. The molecule has 0 bridgehead atoms. The molecule has 10 heavy (non-hydrogen) atoms. The van der Waals surface area contributed by atoms with Gasteiger partial charge in [-0.25, -0.2) is 5.43 Å². The Morgan fingerprint density at radius 2 is 2.60 bits per heavy atom. The van der Waals surface area contributed by atoms with E-state index in [-0.39, 0.29) is 0 Å². The zero-order chi connectivity index (χ0) is 7.23. The van der Waals surface area contributed by atoms with Gasteiger partial charge in [-0.15, -0.1) is 0 Å². The summed E-state index contributed by atoms with van der Waals surface area (Å²) in [5.41, 5.74) is 7.32. The lowest BCUT2D eigenvalue weighted by atomic mass is 10.1. The highest BCUT2D eigenvalue weighted by molar-refractivity contribution is 4.69. The summed E-state index contributed by atoms with van der Waals surface area (Å²) >= 11 is 0. The maximum Gasteiger partial charge on any atom is 0.0428 e. The molecule has 0 aromatic carbocycles. The number of hydrogen-bond acceptors (Lipinski definition) is 2. The van der Waals surface area contributed by atoms with Crippen molar-refractivity contribution in [2.24, 2.45) is 0 Å². The Kier molecular flexibility index (Phi) is 3.72. The molecule has 59 valence electrons. The molecule has 1 atom stereocenters. The van der Waals surface area contributed by atoms with E-state index in [0.717, 1.165) is 13.1 Å². The van der Waals surface area contributed by atoms with E-state index in [0.29, 0.717) is 6.04 Å². The quantitative estimate of drug-likeness (QED) is 0.576. The fourth-order valence-corrected chi connectivity index (χ4v) is 1.19.